The molecule has 124 valence electrons. The average Bonchev–Trinajstić information content (AvgIpc) is 2.93. The molecule has 2 aliphatic heterocycles. The van der Waals surface area contributed by atoms with Crippen LogP contribution in [0.1, 0.15) is 41.6 Å². The Morgan fingerprint density at radius 3 is 2.57 bits per heavy atom. The molecule has 0 radical (unpaired) electrons. The third-order valence-electron chi connectivity index (χ3n) is 4.67. The highest BCUT2D eigenvalue weighted by molar-refractivity contribution is 6.01. The van der Waals surface area contributed by atoms with Crippen molar-refractivity contribution in [2.24, 2.45) is 0 Å². The molecule has 1 aromatic rings. The topological polar surface area (TPSA) is 49.4 Å². The van der Waals surface area contributed by atoms with Gasteiger partial charge in [0, 0.05) is 13.1 Å². The Morgan fingerprint density at radius 2 is 1.87 bits per heavy atom. The molecule has 1 aromatic carbocycles. The first-order valence-electron chi connectivity index (χ1n) is 7.63. The van der Waals surface area contributed by atoms with Gasteiger partial charge in [-0.2, -0.15) is 13.2 Å². The summed E-state index contributed by atoms with van der Waals surface area (Å²) in [6.45, 7) is 0.847. The van der Waals surface area contributed by atoms with Gasteiger partial charge in [-0.05, 0) is 37.8 Å². The lowest BCUT2D eigenvalue weighted by atomic mass is 9.86. The maximum Gasteiger partial charge on any atom is 0.417 e. The van der Waals surface area contributed by atoms with Crippen molar-refractivity contribution in [3.8, 4) is 0 Å². The summed E-state index contributed by atoms with van der Waals surface area (Å²) in [6.07, 6.45) is -2.27. The SMILES string of the molecule is O=C(c1ccccc1C(F)(F)F)N1CCCC12CCCNC2=O. The van der Waals surface area contributed by atoms with Crippen molar-refractivity contribution in [3.05, 3.63) is 35.4 Å². The van der Waals surface area contributed by atoms with Gasteiger partial charge in [0.25, 0.3) is 5.91 Å². The average molecular weight is 326 g/mol. The van der Waals surface area contributed by atoms with E-state index in [1.54, 1.807) is 0 Å². The van der Waals surface area contributed by atoms with Crippen LogP contribution in [0.15, 0.2) is 24.3 Å². The minimum atomic E-state index is -4.60. The van der Waals surface area contributed by atoms with Crippen LogP contribution < -0.4 is 5.32 Å². The second kappa shape index (κ2) is 5.54. The molecule has 1 N–H and O–H groups in total. The Kier molecular flexibility index (Phi) is 3.82. The number of nitrogens with one attached hydrogen (secondary N) is 1. The zero-order valence-corrected chi connectivity index (χ0v) is 12.4. The van der Waals surface area contributed by atoms with Crippen LogP contribution in [0.25, 0.3) is 0 Å². The van der Waals surface area contributed by atoms with Crippen LogP contribution in [0, 0.1) is 0 Å². The Labute approximate surface area is 131 Å². The van der Waals surface area contributed by atoms with E-state index in [1.807, 2.05) is 0 Å². The van der Waals surface area contributed by atoms with Gasteiger partial charge in [-0.25, -0.2) is 0 Å². The summed E-state index contributed by atoms with van der Waals surface area (Å²) >= 11 is 0. The number of amides is 2. The Hall–Kier alpha value is -2.05. The standard InChI is InChI=1S/C16H17F3N2O2/c17-16(18,19)12-6-2-1-5-11(12)13(22)21-10-4-8-15(21)7-3-9-20-14(15)23/h1-2,5-6H,3-4,7-10H2,(H,20,23). The van der Waals surface area contributed by atoms with Crippen LogP contribution in [-0.4, -0.2) is 35.3 Å². The van der Waals surface area contributed by atoms with Crippen molar-refractivity contribution >= 4 is 11.8 Å². The molecule has 0 bridgehead atoms. The molecule has 2 fully saturated rings. The highest BCUT2D eigenvalue weighted by Crippen LogP contribution is 2.39. The molecule has 0 saturated carbocycles. The molecule has 0 aromatic heterocycles. The first-order chi connectivity index (χ1) is 10.9. The molecule has 2 amide bonds. The number of benzene rings is 1. The molecule has 1 atom stereocenters. The Balaban J connectivity index is 1.99. The molecule has 7 heteroatoms. The Morgan fingerprint density at radius 1 is 1.17 bits per heavy atom. The van der Waals surface area contributed by atoms with E-state index in [2.05, 4.69) is 5.32 Å². The fraction of sp³-hybridized carbons (Fsp3) is 0.500. The molecular formula is C16H17F3N2O2. The van der Waals surface area contributed by atoms with Crippen LogP contribution in [-0.2, 0) is 11.0 Å². The van der Waals surface area contributed by atoms with Gasteiger partial charge in [-0.1, -0.05) is 12.1 Å². The summed E-state index contributed by atoms with van der Waals surface area (Å²) in [5.41, 5.74) is -2.34. The predicted octanol–water partition coefficient (Wildman–Crippen LogP) is 2.59. The number of carbonyl (C=O) groups is 2. The maximum absolute atomic E-state index is 13.2. The van der Waals surface area contributed by atoms with Gasteiger partial charge in [-0.15, -0.1) is 0 Å². The van der Waals surface area contributed by atoms with E-state index >= 15 is 0 Å². The third-order valence-corrected chi connectivity index (χ3v) is 4.67. The molecule has 2 saturated heterocycles. The fourth-order valence-electron chi connectivity index (χ4n) is 3.59. The van der Waals surface area contributed by atoms with Crippen molar-refractivity contribution in [1.29, 1.82) is 0 Å². The van der Waals surface area contributed by atoms with E-state index in [1.165, 1.54) is 23.1 Å². The number of hydrogen-bond donors (Lipinski definition) is 1. The van der Waals surface area contributed by atoms with Crippen LogP contribution in [0.4, 0.5) is 13.2 Å². The number of carbonyl (C=O) groups excluding carboxylic acids is 2. The molecular weight excluding hydrogens is 309 g/mol. The molecule has 1 spiro atoms. The predicted molar refractivity (Wildman–Crippen MR) is 76.7 cm³/mol. The van der Waals surface area contributed by atoms with Crippen molar-refractivity contribution in [1.82, 2.24) is 10.2 Å². The highest BCUT2D eigenvalue weighted by Gasteiger charge is 2.51. The monoisotopic (exact) mass is 326 g/mol. The van der Waals surface area contributed by atoms with E-state index in [9.17, 15) is 22.8 Å². The maximum atomic E-state index is 13.2. The van der Waals surface area contributed by atoms with Gasteiger partial charge in [0.1, 0.15) is 5.54 Å². The van der Waals surface area contributed by atoms with E-state index in [-0.39, 0.29) is 11.5 Å². The first kappa shape index (κ1) is 15.8. The van der Waals surface area contributed by atoms with Crippen LogP contribution in [0.5, 0.6) is 0 Å². The van der Waals surface area contributed by atoms with E-state index in [4.69, 9.17) is 0 Å². The van der Waals surface area contributed by atoms with Crippen molar-refractivity contribution in [2.45, 2.75) is 37.4 Å². The summed E-state index contributed by atoms with van der Waals surface area (Å²) in [5, 5.41) is 2.74. The van der Waals surface area contributed by atoms with Gasteiger partial charge >= 0.3 is 6.18 Å². The molecule has 4 nitrogen and oxygen atoms in total. The molecule has 1 unspecified atom stereocenters. The lowest BCUT2D eigenvalue weighted by molar-refractivity contribution is -0.138. The highest BCUT2D eigenvalue weighted by atomic mass is 19.4. The van der Waals surface area contributed by atoms with Crippen LogP contribution in [0.3, 0.4) is 0 Å². The number of nitrogens with zero attached hydrogens (tertiary/aromatic N) is 1. The lowest BCUT2D eigenvalue weighted by Gasteiger charge is -2.40. The van der Waals surface area contributed by atoms with Crippen LogP contribution >= 0.6 is 0 Å². The normalized spacial score (nSPS) is 24.8. The molecule has 3 rings (SSSR count). The number of alkyl halides is 3. The van der Waals surface area contributed by atoms with Gasteiger partial charge in [0.15, 0.2) is 0 Å². The van der Waals surface area contributed by atoms with Crippen molar-refractivity contribution in [3.63, 3.8) is 0 Å². The minimum Gasteiger partial charge on any atom is -0.354 e. The van der Waals surface area contributed by atoms with Gasteiger partial charge in [0.2, 0.25) is 5.91 Å². The second-order valence-corrected chi connectivity index (χ2v) is 5.99. The summed E-state index contributed by atoms with van der Waals surface area (Å²) in [6, 6.07) is 4.74. The molecule has 0 aliphatic carbocycles. The number of halogens is 3. The number of likely N-dealkylation sites (tertiary alicyclic amines) is 1. The van der Waals surface area contributed by atoms with Gasteiger partial charge in [-0.3, -0.25) is 9.59 Å². The zero-order chi connectivity index (χ0) is 16.7. The lowest BCUT2D eigenvalue weighted by Crippen LogP contribution is -2.60. The quantitative estimate of drug-likeness (QED) is 0.862. The number of rotatable bonds is 1. The molecule has 23 heavy (non-hydrogen) atoms. The minimum absolute atomic E-state index is 0.251. The van der Waals surface area contributed by atoms with Crippen molar-refractivity contribution in [2.75, 3.05) is 13.1 Å². The van der Waals surface area contributed by atoms with E-state index in [0.29, 0.717) is 32.4 Å². The Bertz CT molecular complexity index is 644. The summed E-state index contributed by atoms with van der Waals surface area (Å²) in [7, 11) is 0. The number of hydrogen-bond acceptors (Lipinski definition) is 2. The third kappa shape index (κ3) is 2.58. The van der Waals surface area contributed by atoms with Gasteiger partial charge < -0.3 is 10.2 Å². The number of piperidine rings is 1. The van der Waals surface area contributed by atoms with Crippen LogP contribution in [0.2, 0.25) is 0 Å². The van der Waals surface area contributed by atoms with E-state index in [0.717, 1.165) is 12.5 Å². The molecule has 2 aliphatic rings. The smallest absolute Gasteiger partial charge is 0.354 e. The second-order valence-electron chi connectivity index (χ2n) is 5.99. The largest absolute Gasteiger partial charge is 0.417 e. The summed E-state index contributed by atoms with van der Waals surface area (Å²) in [5.74, 6) is -0.966. The van der Waals surface area contributed by atoms with E-state index < -0.39 is 23.2 Å². The molecule has 2 heterocycles. The van der Waals surface area contributed by atoms with Gasteiger partial charge in [0.05, 0.1) is 11.1 Å². The van der Waals surface area contributed by atoms with Crippen molar-refractivity contribution < 1.29 is 22.8 Å². The first-order valence-corrected chi connectivity index (χ1v) is 7.63. The summed E-state index contributed by atoms with van der Waals surface area (Å²) < 4.78 is 39.5. The fourth-order valence-corrected chi connectivity index (χ4v) is 3.59. The summed E-state index contributed by atoms with van der Waals surface area (Å²) in [4.78, 5) is 26.4. The zero-order valence-electron chi connectivity index (χ0n) is 12.4.